The summed E-state index contributed by atoms with van der Waals surface area (Å²) in [6.45, 7) is 8.18. The van der Waals surface area contributed by atoms with E-state index >= 15 is 0 Å². The van der Waals surface area contributed by atoms with E-state index in [4.69, 9.17) is 4.74 Å². The minimum atomic E-state index is -0.311. The fourth-order valence-corrected chi connectivity index (χ4v) is 2.55. The minimum Gasteiger partial charge on any atom is -0.370 e. The van der Waals surface area contributed by atoms with Gasteiger partial charge in [0.25, 0.3) is 0 Å². The molecule has 106 valence electrons. The van der Waals surface area contributed by atoms with Gasteiger partial charge in [0.1, 0.15) is 11.9 Å². The quantitative estimate of drug-likeness (QED) is 0.913. The molecule has 1 N–H and O–H groups in total. The zero-order valence-electron chi connectivity index (χ0n) is 11.9. The number of pyridine rings is 1. The highest BCUT2D eigenvalue weighted by Crippen LogP contribution is 2.33. The molecule has 0 radical (unpaired) electrons. The van der Waals surface area contributed by atoms with E-state index in [-0.39, 0.29) is 23.4 Å². The Hall–Kier alpha value is -1.00. The third-order valence-corrected chi connectivity index (χ3v) is 4.36. The fourth-order valence-electron chi connectivity index (χ4n) is 2.55. The molecule has 2 heterocycles. The summed E-state index contributed by atoms with van der Waals surface area (Å²) in [5, 5.41) is 3.54. The third-order valence-electron chi connectivity index (χ3n) is 4.36. The first-order valence-electron chi connectivity index (χ1n) is 7.06. The largest absolute Gasteiger partial charge is 0.370 e. The van der Waals surface area contributed by atoms with E-state index in [1.807, 2.05) is 0 Å². The maximum absolute atomic E-state index is 12.9. The van der Waals surface area contributed by atoms with Gasteiger partial charge < -0.3 is 10.1 Å². The number of aromatic nitrogens is 1. The highest BCUT2D eigenvalue weighted by Gasteiger charge is 2.34. The van der Waals surface area contributed by atoms with Gasteiger partial charge in [-0.25, -0.2) is 4.39 Å². The highest BCUT2D eigenvalue weighted by molar-refractivity contribution is 5.11. The van der Waals surface area contributed by atoms with Crippen LogP contribution in [0.4, 0.5) is 4.39 Å². The summed E-state index contributed by atoms with van der Waals surface area (Å²) in [4.78, 5) is 4.15. The van der Waals surface area contributed by atoms with Crippen molar-refractivity contribution >= 4 is 0 Å². The average Bonchev–Trinajstić information content (AvgIpc) is 2.60. The molecule has 1 aliphatic heterocycles. The summed E-state index contributed by atoms with van der Waals surface area (Å²) in [6, 6.07) is 3.33. The Bertz CT molecular complexity index is 403. The SMILES string of the molecule is CCC1(CC)CNC(C)C(c2ccc(F)cn2)OC1. The summed E-state index contributed by atoms with van der Waals surface area (Å²) >= 11 is 0. The minimum absolute atomic E-state index is 0.111. The summed E-state index contributed by atoms with van der Waals surface area (Å²) in [6.07, 6.45) is 3.32. The van der Waals surface area contributed by atoms with Crippen LogP contribution < -0.4 is 5.32 Å². The number of nitrogens with zero attached hydrogens (tertiary/aromatic N) is 1. The van der Waals surface area contributed by atoms with Gasteiger partial charge in [-0.05, 0) is 31.9 Å². The molecule has 1 aromatic heterocycles. The van der Waals surface area contributed by atoms with Crippen molar-refractivity contribution in [2.75, 3.05) is 13.2 Å². The van der Waals surface area contributed by atoms with Crippen LogP contribution in [0.15, 0.2) is 18.3 Å². The molecule has 0 bridgehead atoms. The number of hydrogen-bond acceptors (Lipinski definition) is 3. The second-order valence-electron chi connectivity index (χ2n) is 5.51. The van der Waals surface area contributed by atoms with Crippen molar-refractivity contribution < 1.29 is 9.13 Å². The lowest BCUT2D eigenvalue weighted by Gasteiger charge is -2.29. The van der Waals surface area contributed by atoms with Crippen LogP contribution in [0, 0.1) is 11.2 Å². The van der Waals surface area contributed by atoms with Gasteiger partial charge in [-0.3, -0.25) is 4.98 Å². The standard InChI is InChI=1S/C15H23FN2O/c1-4-15(5-2)9-18-11(3)14(19-10-15)13-7-6-12(16)8-17-13/h6-8,11,14,18H,4-5,9-10H2,1-3H3. The maximum atomic E-state index is 12.9. The molecule has 0 saturated carbocycles. The van der Waals surface area contributed by atoms with Gasteiger partial charge in [0.15, 0.2) is 0 Å². The van der Waals surface area contributed by atoms with Crippen molar-refractivity contribution in [1.29, 1.82) is 0 Å². The summed E-state index contributed by atoms with van der Waals surface area (Å²) in [7, 11) is 0. The molecule has 3 nitrogen and oxygen atoms in total. The van der Waals surface area contributed by atoms with Crippen molar-refractivity contribution in [1.82, 2.24) is 10.3 Å². The molecule has 0 spiro atoms. The van der Waals surface area contributed by atoms with Gasteiger partial charge in [0, 0.05) is 18.0 Å². The lowest BCUT2D eigenvalue weighted by molar-refractivity contribution is -0.00266. The molecule has 0 aromatic carbocycles. The highest BCUT2D eigenvalue weighted by atomic mass is 19.1. The summed E-state index contributed by atoms with van der Waals surface area (Å²) in [5.41, 5.74) is 0.993. The first-order chi connectivity index (χ1) is 9.10. The Morgan fingerprint density at radius 3 is 2.74 bits per heavy atom. The molecule has 19 heavy (non-hydrogen) atoms. The van der Waals surface area contributed by atoms with Gasteiger partial charge >= 0.3 is 0 Å². The van der Waals surface area contributed by atoms with Crippen molar-refractivity contribution in [2.24, 2.45) is 5.41 Å². The molecule has 1 fully saturated rings. The van der Waals surface area contributed by atoms with Crippen LogP contribution >= 0.6 is 0 Å². The van der Waals surface area contributed by atoms with Gasteiger partial charge in [0.2, 0.25) is 0 Å². The van der Waals surface area contributed by atoms with E-state index in [1.165, 1.54) is 12.3 Å². The van der Waals surface area contributed by atoms with E-state index in [0.29, 0.717) is 0 Å². The van der Waals surface area contributed by atoms with Crippen molar-refractivity contribution in [3.63, 3.8) is 0 Å². The molecule has 1 aromatic rings. The van der Waals surface area contributed by atoms with Crippen molar-refractivity contribution in [3.8, 4) is 0 Å². The Morgan fingerprint density at radius 2 is 2.16 bits per heavy atom. The van der Waals surface area contributed by atoms with E-state index in [0.717, 1.165) is 31.7 Å². The molecule has 1 saturated heterocycles. The number of ether oxygens (including phenoxy) is 1. The average molecular weight is 266 g/mol. The molecule has 0 aliphatic carbocycles. The number of halogens is 1. The van der Waals surface area contributed by atoms with Crippen molar-refractivity contribution in [2.45, 2.75) is 45.8 Å². The number of nitrogens with one attached hydrogen (secondary N) is 1. The first-order valence-corrected chi connectivity index (χ1v) is 7.06. The van der Waals surface area contributed by atoms with Gasteiger partial charge in [-0.1, -0.05) is 13.8 Å². The summed E-state index contributed by atoms with van der Waals surface area (Å²) < 4.78 is 19.0. The second kappa shape index (κ2) is 5.97. The van der Waals surface area contributed by atoms with Crippen LogP contribution in [0.2, 0.25) is 0 Å². The third kappa shape index (κ3) is 3.12. The molecular formula is C15H23FN2O. The topological polar surface area (TPSA) is 34.2 Å². The Balaban J connectivity index is 2.16. The second-order valence-corrected chi connectivity index (χ2v) is 5.51. The van der Waals surface area contributed by atoms with Crippen LogP contribution in [0.1, 0.15) is 45.4 Å². The monoisotopic (exact) mass is 266 g/mol. The lowest BCUT2D eigenvalue weighted by Crippen LogP contribution is -2.37. The van der Waals surface area contributed by atoms with Gasteiger partial charge in [-0.15, -0.1) is 0 Å². The Morgan fingerprint density at radius 1 is 1.42 bits per heavy atom. The van der Waals surface area contributed by atoms with E-state index in [9.17, 15) is 4.39 Å². The van der Waals surface area contributed by atoms with Gasteiger partial charge in [-0.2, -0.15) is 0 Å². The van der Waals surface area contributed by atoms with E-state index < -0.39 is 0 Å². The Labute approximate surface area is 114 Å². The molecular weight excluding hydrogens is 243 g/mol. The van der Waals surface area contributed by atoms with E-state index in [1.54, 1.807) is 6.07 Å². The molecule has 4 heteroatoms. The predicted molar refractivity (Wildman–Crippen MR) is 73.4 cm³/mol. The molecule has 2 rings (SSSR count). The number of rotatable bonds is 3. The van der Waals surface area contributed by atoms with Gasteiger partial charge in [0.05, 0.1) is 18.5 Å². The number of hydrogen-bond donors (Lipinski definition) is 1. The van der Waals surface area contributed by atoms with Crippen LogP contribution in [-0.4, -0.2) is 24.2 Å². The van der Waals surface area contributed by atoms with Crippen LogP contribution in [0.3, 0.4) is 0 Å². The maximum Gasteiger partial charge on any atom is 0.141 e. The van der Waals surface area contributed by atoms with Crippen LogP contribution in [0.5, 0.6) is 0 Å². The summed E-state index contributed by atoms with van der Waals surface area (Å²) in [5.74, 6) is -0.311. The predicted octanol–water partition coefficient (Wildman–Crippen LogP) is 3.08. The smallest absolute Gasteiger partial charge is 0.141 e. The fraction of sp³-hybridized carbons (Fsp3) is 0.667. The molecule has 2 atom stereocenters. The lowest BCUT2D eigenvalue weighted by atomic mass is 9.83. The van der Waals surface area contributed by atoms with Crippen LogP contribution in [-0.2, 0) is 4.74 Å². The normalized spacial score (nSPS) is 26.9. The zero-order chi connectivity index (χ0) is 13.9. The van der Waals surface area contributed by atoms with Crippen molar-refractivity contribution in [3.05, 3.63) is 29.8 Å². The Kier molecular flexibility index (Phi) is 4.53. The van der Waals surface area contributed by atoms with Crippen LogP contribution in [0.25, 0.3) is 0 Å². The zero-order valence-corrected chi connectivity index (χ0v) is 11.9. The van der Waals surface area contributed by atoms with E-state index in [2.05, 4.69) is 31.1 Å². The molecule has 1 aliphatic rings. The molecule has 0 amide bonds. The first kappa shape index (κ1) is 14.4. The molecule has 2 unspecified atom stereocenters.